The second-order valence-corrected chi connectivity index (χ2v) is 8.25. The highest BCUT2D eigenvalue weighted by atomic mass is 79.9. The van der Waals surface area contributed by atoms with E-state index in [1.165, 1.54) is 0 Å². The average molecular weight is 502 g/mol. The standard InChI is InChI=1S/C22H18BrClN4O3/c1-11-19-20(15(9-25)21(26)31-22(19)28-27-11)12-3-5-17(29-2)13(7-12)10-30-18-6-4-14(23)8-16(18)24/h3-8,20H,10,26H2,1-2H3,(H,27,28)/t20-/m0/s1. The summed E-state index contributed by atoms with van der Waals surface area (Å²) in [5.41, 5.74) is 9.55. The Bertz CT molecular complexity index is 1230. The zero-order chi connectivity index (χ0) is 22.1. The average Bonchev–Trinajstić information content (AvgIpc) is 3.12. The fourth-order valence-electron chi connectivity index (χ4n) is 3.57. The number of halogens is 2. The number of rotatable bonds is 5. The summed E-state index contributed by atoms with van der Waals surface area (Å²) in [5.74, 6) is 1.20. The third-order valence-corrected chi connectivity index (χ3v) is 5.83. The monoisotopic (exact) mass is 500 g/mol. The van der Waals surface area contributed by atoms with Gasteiger partial charge in [0, 0.05) is 21.3 Å². The summed E-state index contributed by atoms with van der Waals surface area (Å²) in [6.45, 7) is 2.10. The number of methoxy groups -OCH3 is 1. The molecule has 0 amide bonds. The number of allylic oxidation sites excluding steroid dienone is 1. The van der Waals surface area contributed by atoms with Gasteiger partial charge in [0.1, 0.15) is 29.7 Å². The van der Waals surface area contributed by atoms with Crippen LogP contribution in [-0.4, -0.2) is 17.3 Å². The van der Waals surface area contributed by atoms with Gasteiger partial charge in [0.25, 0.3) is 0 Å². The van der Waals surface area contributed by atoms with Gasteiger partial charge < -0.3 is 19.9 Å². The quantitative estimate of drug-likeness (QED) is 0.513. The summed E-state index contributed by atoms with van der Waals surface area (Å²) in [6.07, 6.45) is 0. The summed E-state index contributed by atoms with van der Waals surface area (Å²) in [4.78, 5) is 0. The highest BCUT2D eigenvalue weighted by molar-refractivity contribution is 9.10. The number of hydrogen-bond donors (Lipinski definition) is 2. The van der Waals surface area contributed by atoms with E-state index in [4.69, 9.17) is 31.5 Å². The number of aromatic nitrogens is 2. The molecule has 4 rings (SSSR count). The zero-order valence-electron chi connectivity index (χ0n) is 16.7. The third-order valence-electron chi connectivity index (χ3n) is 5.04. The molecule has 158 valence electrons. The maximum absolute atomic E-state index is 9.76. The Morgan fingerprint density at radius 2 is 2.06 bits per heavy atom. The minimum atomic E-state index is -0.423. The Kier molecular flexibility index (Phi) is 5.81. The minimum absolute atomic E-state index is 0.0433. The van der Waals surface area contributed by atoms with Crippen molar-refractivity contribution < 1.29 is 14.2 Å². The molecule has 31 heavy (non-hydrogen) atoms. The lowest BCUT2D eigenvalue weighted by Gasteiger charge is -2.24. The Morgan fingerprint density at radius 1 is 1.29 bits per heavy atom. The maximum atomic E-state index is 9.76. The lowest BCUT2D eigenvalue weighted by atomic mass is 9.83. The number of aryl methyl sites for hydroxylation is 1. The Balaban J connectivity index is 1.73. The van der Waals surface area contributed by atoms with Crippen LogP contribution in [0.4, 0.5) is 0 Å². The molecular weight excluding hydrogens is 484 g/mol. The van der Waals surface area contributed by atoms with Gasteiger partial charge in [-0.2, -0.15) is 5.26 Å². The summed E-state index contributed by atoms with van der Waals surface area (Å²) < 4.78 is 17.9. The van der Waals surface area contributed by atoms with Crippen molar-refractivity contribution in [2.75, 3.05) is 7.11 Å². The van der Waals surface area contributed by atoms with Crippen LogP contribution >= 0.6 is 27.5 Å². The first-order valence-corrected chi connectivity index (χ1v) is 10.5. The molecule has 9 heteroatoms. The molecule has 0 unspecified atom stereocenters. The van der Waals surface area contributed by atoms with Crippen molar-refractivity contribution in [3.8, 4) is 23.4 Å². The summed E-state index contributed by atoms with van der Waals surface area (Å²) in [5, 5.41) is 17.3. The minimum Gasteiger partial charge on any atom is -0.496 e. The van der Waals surface area contributed by atoms with Gasteiger partial charge in [-0.1, -0.05) is 33.6 Å². The summed E-state index contributed by atoms with van der Waals surface area (Å²) >= 11 is 9.65. The predicted molar refractivity (Wildman–Crippen MR) is 119 cm³/mol. The number of ether oxygens (including phenoxy) is 3. The van der Waals surface area contributed by atoms with E-state index in [2.05, 4.69) is 32.2 Å². The molecule has 1 aliphatic rings. The molecule has 7 nitrogen and oxygen atoms in total. The van der Waals surface area contributed by atoms with Crippen LogP contribution in [0.3, 0.4) is 0 Å². The second kappa shape index (κ2) is 8.53. The molecule has 3 N–H and O–H groups in total. The van der Waals surface area contributed by atoms with Gasteiger partial charge in [-0.3, -0.25) is 5.10 Å². The van der Waals surface area contributed by atoms with Crippen LogP contribution in [0, 0.1) is 18.3 Å². The Morgan fingerprint density at radius 3 is 2.77 bits per heavy atom. The number of nitrogens with zero attached hydrogens (tertiary/aromatic N) is 2. The van der Waals surface area contributed by atoms with Crippen molar-refractivity contribution in [2.45, 2.75) is 19.4 Å². The molecule has 2 heterocycles. The van der Waals surface area contributed by atoms with Gasteiger partial charge in [-0.25, -0.2) is 0 Å². The van der Waals surface area contributed by atoms with Gasteiger partial charge in [0.05, 0.1) is 18.1 Å². The molecule has 3 aromatic rings. The second-order valence-electron chi connectivity index (χ2n) is 6.93. The molecule has 1 atom stereocenters. The van der Waals surface area contributed by atoms with E-state index in [0.29, 0.717) is 28.0 Å². The fourth-order valence-corrected chi connectivity index (χ4v) is 4.30. The lowest BCUT2D eigenvalue weighted by molar-refractivity contribution is 0.296. The van der Waals surface area contributed by atoms with E-state index in [1.807, 2.05) is 31.2 Å². The van der Waals surface area contributed by atoms with Crippen LogP contribution in [0.25, 0.3) is 0 Å². The molecule has 0 spiro atoms. The highest BCUT2D eigenvalue weighted by Crippen LogP contribution is 2.43. The van der Waals surface area contributed by atoms with Crippen LogP contribution in [0.15, 0.2) is 52.3 Å². The van der Waals surface area contributed by atoms with Crippen molar-refractivity contribution in [2.24, 2.45) is 5.73 Å². The molecule has 1 aliphatic heterocycles. The molecule has 0 bridgehead atoms. The largest absolute Gasteiger partial charge is 0.496 e. The van der Waals surface area contributed by atoms with Crippen molar-refractivity contribution in [1.82, 2.24) is 10.2 Å². The number of nitrogens with one attached hydrogen (secondary N) is 1. The van der Waals surface area contributed by atoms with E-state index in [9.17, 15) is 5.26 Å². The molecule has 0 aliphatic carbocycles. The highest BCUT2D eigenvalue weighted by Gasteiger charge is 2.34. The first-order valence-electron chi connectivity index (χ1n) is 9.30. The molecular formula is C22H18BrClN4O3. The number of hydrogen-bond acceptors (Lipinski definition) is 6. The van der Waals surface area contributed by atoms with E-state index < -0.39 is 5.92 Å². The van der Waals surface area contributed by atoms with Gasteiger partial charge in [0.2, 0.25) is 11.8 Å². The summed E-state index contributed by atoms with van der Waals surface area (Å²) in [7, 11) is 1.59. The van der Waals surface area contributed by atoms with E-state index >= 15 is 0 Å². The first kappa shape index (κ1) is 21.1. The van der Waals surface area contributed by atoms with Gasteiger partial charge >= 0.3 is 0 Å². The van der Waals surface area contributed by atoms with Crippen molar-refractivity contribution in [1.29, 1.82) is 5.26 Å². The van der Waals surface area contributed by atoms with Crippen LogP contribution in [-0.2, 0) is 6.61 Å². The first-order chi connectivity index (χ1) is 14.9. The topological polar surface area (TPSA) is 106 Å². The summed E-state index contributed by atoms with van der Waals surface area (Å²) in [6, 6.07) is 13.3. The Labute approximate surface area is 192 Å². The molecule has 2 aromatic carbocycles. The van der Waals surface area contributed by atoms with Gasteiger partial charge in [-0.15, -0.1) is 5.10 Å². The lowest BCUT2D eigenvalue weighted by Crippen LogP contribution is -2.21. The third kappa shape index (κ3) is 3.94. The fraction of sp³-hybridized carbons (Fsp3) is 0.182. The van der Waals surface area contributed by atoms with E-state index in [1.54, 1.807) is 19.2 Å². The molecule has 0 radical (unpaired) electrons. The molecule has 1 aromatic heterocycles. The van der Waals surface area contributed by atoms with Gasteiger partial charge in [-0.05, 0) is 42.8 Å². The number of fused-ring (bicyclic) bond motifs is 1. The number of nitriles is 1. The normalized spacial score (nSPS) is 15.1. The Hall–Kier alpha value is -3.15. The van der Waals surface area contributed by atoms with Gasteiger partial charge in [0.15, 0.2) is 0 Å². The smallest absolute Gasteiger partial charge is 0.244 e. The predicted octanol–water partition coefficient (Wildman–Crippen LogP) is 4.94. The molecule has 0 saturated heterocycles. The van der Waals surface area contributed by atoms with Crippen molar-refractivity contribution in [3.05, 3.63) is 79.7 Å². The molecule has 0 saturated carbocycles. The number of aromatic amines is 1. The van der Waals surface area contributed by atoms with Crippen LogP contribution in [0.2, 0.25) is 5.02 Å². The number of H-pyrrole nitrogens is 1. The van der Waals surface area contributed by atoms with E-state index in [-0.39, 0.29) is 12.5 Å². The van der Waals surface area contributed by atoms with Crippen molar-refractivity contribution >= 4 is 27.5 Å². The SMILES string of the molecule is COc1ccc([C@H]2C(C#N)=C(N)Oc3n[nH]c(C)c32)cc1COc1ccc(Br)cc1Cl. The van der Waals surface area contributed by atoms with Crippen LogP contribution in [0.5, 0.6) is 17.4 Å². The van der Waals surface area contributed by atoms with E-state index in [0.717, 1.165) is 26.9 Å². The number of nitrogens with two attached hydrogens (primary N) is 1. The molecule has 0 fully saturated rings. The van der Waals surface area contributed by atoms with Crippen LogP contribution < -0.4 is 19.9 Å². The number of benzene rings is 2. The maximum Gasteiger partial charge on any atom is 0.244 e. The zero-order valence-corrected chi connectivity index (χ0v) is 19.0. The van der Waals surface area contributed by atoms with Crippen molar-refractivity contribution in [3.63, 3.8) is 0 Å². The van der Waals surface area contributed by atoms with Crippen LogP contribution in [0.1, 0.15) is 28.3 Å².